The van der Waals surface area contributed by atoms with Gasteiger partial charge >= 0.3 is 0 Å². The summed E-state index contributed by atoms with van der Waals surface area (Å²) in [4.78, 5) is 0. The van der Waals surface area contributed by atoms with Gasteiger partial charge in [-0.1, -0.05) is 18.2 Å². The van der Waals surface area contributed by atoms with Gasteiger partial charge in [0.05, 0.1) is 6.33 Å². The highest BCUT2D eigenvalue weighted by atomic mass is 19.1. The molecule has 2 N–H and O–H groups in total. The van der Waals surface area contributed by atoms with Crippen LogP contribution >= 0.6 is 0 Å². The van der Waals surface area contributed by atoms with Gasteiger partial charge in [-0.2, -0.15) is 0 Å². The highest BCUT2D eigenvalue weighted by molar-refractivity contribution is 5.32. The van der Waals surface area contributed by atoms with E-state index in [1.807, 2.05) is 31.2 Å². The SMILES string of the molecule is Cc1ccccc1OC/C(=C/F)CN. The third-order valence-corrected chi connectivity index (χ3v) is 1.92. The first kappa shape index (κ1) is 10.7. The van der Waals surface area contributed by atoms with E-state index < -0.39 is 0 Å². The second-order valence-corrected chi connectivity index (χ2v) is 3.03. The minimum Gasteiger partial charge on any atom is -0.489 e. The van der Waals surface area contributed by atoms with Gasteiger partial charge in [-0.3, -0.25) is 0 Å². The topological polar surface area (TPSA) is 35.2 Å². The zero-order valence-corrected chi connectivity index (χ0v) is 8.16. The van der Waals surface area contributed by atoms with E-state index in [1.54, 1.807) is 0 Å². The summed E-state index contributed by atoms with van der Waals surface area (Å²) in [5, 5.41) is 0. The predicted molar refractivity (Wildman–Crippen MR) is 54.9 cm³/mol. The summed E-state index contributed by atoms with van der Waals surface area (Å²) >= 11 is 0. The van der Waals surface area contributed by atoms with Crippen molar-refractivity contribution < 1.29 is 9.13 Å². The zero-order chi connectivity index (χ0) is 10.4. The van der Waals surface area contributed by atoms with E-state index in [2.05, 4.69) is 0 Å². The maximum absolute atomic E-state index is 12.1. The molecule has 1 aromatic carbocycles. The van der Waals surface area contributed by atoms with E-state index in [9.17, 15) is 4.39 Å². The molecule has 0 aromatic heterocycles. The molecule has 0 atom stereocenters. The Bertz CT molecular complexity index is 323. The molecule has 0 spiro atoms. The van der Waals surface area contributed by atoms with E-state index in [1.165, 1.54) is 0 Å². The van der Waals surface area contributed by atoms with Crippen molar-refractivity contribution in [3.63, 3.8) is 0 Å². The summed E-state index contributed by atoms with van der Waals surface area (Å²) < 4.78 is 17.5. The molecule has 0 aliphatic carbocycles. The van der Waals surface area contributed by atoms with E-state index >= 15 is 0 Å². The Balaban J connectivity index is 2.58. The lowest BCUT2D eigenvalue weighted by molar-refractivity contribution is 0.345. The largest absolute Gasteiger partial charge is 0.489 e. The van der Waals surface area contributed by atoms with Crippen molar-refractivity contribution in [3.8, 4) is 5.75 Å². The first-order chi connectivity index (χ1) is 6.77. The van der Waals surface area contributed by atoms with Gasteiger partial charge in [0.1, 0.15) is 12.4 Å². The van der Waals surface area contributed by atoms with Crippen molar-refractivity contribution in [1.82, 2.24) is 0 Å². The monoisotopic (exact) mass is 195 g/mol. The van der Waals surface area contributed by atoms with Crippen LogP contribution in [0.15, 0.2) is 36.2 Å². The third kappa shape index (κ3) is 2.85. The van der Waals surface area contributed by atoms with Crippen LogP contribution in [0.5, 0.6) is 5.75 Å². The summed E-state index contributed by atoms with van der Waals surface area (Å²) in [6.07, 6.45) is 0.498. The van der Waals surface area contributed by atoms with E-state index in [0.29, 0.717) is 11.9 Å². The average Bonchev–Trinajstić information content (AvgIpc) is 2.22. The van der Waals surface area contributed by atoms with E-state index in [4.69, 9.17) is 10.5 Å². The molecule has 0 bridgehead atoms. The summed E-state index contributed by atoms with van der Waals surface area (Å²) in [7, 11) is 0. The quantitative estimate of drug-likeness (QED) is 0.799. The molecule has 0 aliphatic heterocycles. The number of hydrogen-bond donors (Lipinski definition) is 1. The van der Waals surface area contributed by atoms with Gasteiger partial charge in [0, 0.05) is 12.1 Å². The highest BCUT2D eigenvalue weighted by Crippen LogP contribution is 2.16. The molecule has 2 nitrogen and oxygen atoms in total. The molecule has 0 radical (unpaired) electrons. The Labute approximate surface area is 83.2 Å². The van der Waals surface area contributed by atoms with Crippen LogP contribution in [0, 0.1) is 6.92 Å². The molecule has 0 saturated heterocycles. The number of aryl methyl sites for hydroxylation is 1. The number of ether oxygens (including phenoxy) is 1. The summed E-state index contributed by atoms with van der Waals surface area (Å²) in [5.41, 5.74) is 6.78. The van der Waals surface area contributed by atoms with Crippen LogP contribution in [0.3, 0.4) is 0 Å². The lowest BCUT2D eigenvalue weighted by Crippen LogP contribution is -2.11. The van der Waals surface area contributed by atoms with Gasteiger partial charge in [0.2, 0.25) is 0 Å². The number of para-hydroxylation sites is 1. The molecule has 1 rings (SSSR count). The van der Waals surface area contributed by atoms with Crippen LogP contribution < -0.4 is 10.5 Å². The second-order valence-electron chi connectivity index (χ2n) is 3.03. The molecule has 3 heteroatoms. The first-order valence-electron chi connectivity index (χ1n) is 4.44. The van der Waals surface area contributed by atoms with Gasteiger partial charge in [-0.25, -0.2) is 4.39 Å². The lowest BCUT2D eigenvalue weighted by atomic mass is 10.2. The second kappa shape index (κ2) is 5.40. The number of rotatable bonds is 4. The van der Waals surface area contributed by atoms with Crippen LogP contribution in [-0.2, 0) is 0 Å². The molecule has 76 valence electrons. The Hall–Kier alpha value is -1.35. The Kier molecular flexibility index (Phi) is 4.13. The smallest absolute Gasteiger partial charge is 0.122 e. The van der Waals surface area contributed by atoms with Gasteiger partial charge in [0.15, 0.2) is 0 Å². The van der Waals surface area contributed by atoms with Crippen LogP contribution in [0.1, 0.15) is 5.56 Å². The van der Waals surface area contributed by atoms with E-state index in [0.717, 1.165) is 11.3 Å². The van der Waals surface area contributed by atoms with Crippen molar-refractivity contribution in [3.05, 3.63) is 41.7 Å². The molecular formula is C11H14FNO. The molecule has 0 heterocycles. The predicted octanol–water partition coefficient (Wildman–Crippen LogP) is 2.19. The van der Waals surface area contributed by atoms with Gasteiger partial charge in [-0.05, 0) is 18.6 Å². The van der Waals surface area contributed by atoms with Crippen molar-refractivity contribution >= 4 is 0 Å². The van der Waals surface area contributed by atoms with Crippen molar-refractivity contribution in [1.29, 1.82) is 0 Å². The molecule has 1 aromatic rings. The van der Waals surface area contributed by atoms with Crippen molar-refractivity contribution in [2.75, 3.05) is 13.2 Å². The number of hydrogen-bond acceptors (Lipinski definition) is 2. The summed E-state index contributed by atoms with van der Waals surface area (Å²) in [5.74, 6) is 0.764. The first-order valence-corrected chi connectivity index (χ1v) is 4.44. The molecule has 0 saturated carbocycles. The maximum Gasteiger partial charge on any atom is 0.122 e. The Morgan fingerprint density at radius 3 is 2.79 bits per heavy atom. The van der Waals surface area contributed by atoms with Crippen LogP contribution in [-0.4, -0.2) is 13.2 Å². The van der Waals surface area contributed by atoms with Gasteiger partial charge in [-0.15, -0.1) is 0 Å². The van der Waals surface area contributed by atoms with Crippen molar-refractivity contribution in [2.45, 2.75) is 6.92 Å². The van der Waals surface area contributed by atoms with Crippen LogP contribution in [0.25, 0.3) is 0 Å². The summed E-state index contributed by atoms with van der Waals surface area (Å²) in [6, 6.07) is 7.60. The Morgan fingerprint density at radius 1 is 1.50 bits per heavy atom. The molecular weight excluding hydrogens is 181 g/mol. The fraction of sp³-hybridized carbons (Fsp3) is 0.273. The third-order valence-electron chi connectivity index (χ3n) is 1.92. The molecule has 0 unspecified atom stereocenters. The summed E-state index contributed by atoms with van der Waals surface area (Å²) in [6.45, 7) is 2.33. The van der Waals surface area contributed by atoms with Crippen LogP contribution in [0.2, 0.25) is 0 Å². The van der Waals surface area contributed by atoms with Gasteiger partial charge in [0.25, 0.3) is 0 Å². The molecule has 14 heavy (non-hydrogen) atoms. The highest BCUT2D eigenvalue weighted by Gasteiger charge is 1.99. The van der Waals surface area contributed by atoms with Crippen molar-refractivity contribution in [2.24, 2.45) is 5.73 Å². The molecule has 0 fully saturated rings. The normalized spacial score (nSPS) is 11.5. The number of nitrogens with two attached hydrogens (primary N) is 1. The molecule has 0 amide bonds. The Morgan fingerprint density at radius 2 is 2.21 bits per heavy atom. The standard InChI is InChI=1S/C11H14FNO/c1-9-4-2-3-5-11(9)14-8-10(6-12)7-13/h2-6H,7-8,13H2,1H3/b10-6+. The minimum absolute atomic E-state index is 0.183. The van der Waals surface area contributed by atoms with Gasteiger partial charge < -0.3 is 10.5 Å². The zero-order valence-electron chi connectivity index (χ0n) is 8.16. The van der Waals surface area contributed by atoms with E-state index in [-0.39, 0.29) is 13.2 Å². The lowest BCUT2D eigenvalue weighted by Gasteiger charge is -2.09. The molecule has 0 aliphatic rings. The average molecular weight is 195 g/mol. The minimum atomic E-state index is 0.183. The fourth-order valence-electron chi connectivity index (χ4n) is 1.02. The maximum atomic E-state index is 12.1. The fourth-order valence-corrected chi connectivity index (χ4v) is 1.02. The number of halogens is 1. The number of benzene rings is 1. The van der Waals surface area contributed by atoms with Crippen LogP contribution in [0.4, 0.5) is 4.39 Å².